The highest BCUT2D eigenvalue weighted by molar-refractivity contribution is 7.93. The van der Waals surface area contributed by atoms with Gasteiger partial charge in [-0.05, 0) is 60.0 Å². The molecule has 0 bridgehead atoms. The van der Waals surface area contributed by atoms with Gasteiger partial charge < -0.3 is 25.8 Å². The highest BCUT2D eigenvalue weighted by atomic mass is 32.2. The van der Waals surface area contributed by atoms with Gasteiger partial charge in [-0.1, -0.05) is 60.7 Å². The van der Waals surface area contributed by atoms with Crippen molar-refractivity contribution in [2.75, 3.05) is 30.0 Å². The summed E-state index contributed by atoms with van der Waals surface area (Å²) >= 11 is 0. The van der Waals surface area contributed by atoms with Crippen molar-refractivity contribution in [3.63, 3.8) is 0 Å². The van der Waals surface area contributed by atoms with Crippen LogP contribution in [-0.2, 0) is 51.5 Å². The quantitative estimate of drug-likeness (QED) is 0.105. The number of rotatable bonds is 13. The maximum absolute atomic E-state index is 15.0. The standard InChI is InChI=1S/C37H39N5O8S/c1-49-33(44)22-37(36(40)46,23-34(45)50-2)42(51(47,48)31-11-5-8-25-7-3-4-10-29(25)31)28-17-18-30-27(21-28)9-6-20-41(30)32(43)19-14-24-12-15-26(16-13-24)35(38)39/h3-5,7-8,10-13,15-18,21H,6,9,14,19-20,22-23H2,1-2H3,(H3,38,39)(H2,40,46). The summed E-state index contributed by atoms with van der Waals surface area (Å²) in [4.78, 5) is 54.4. The molecular formula is C37H39N5O8S. The molecule has 2 amide bonds. The Balaban J connectivity index is 1.62. The van der Waals surface area contributed by atoms with Gasteiger partial charge in [0, 0.05) is 29.6 Å². The minimum atomic E-state index is -4.78. The van der Waals surface area contributed by atoms with Gasteiger partial charge in [-0.25, -0.2) is 12.7 Å². The topological polar surface area (TPSA) is 203 Å². The Morgan fingerprint density at radius 3 is 2.16 bits per heavy atom. The first-order valence-electron chi connectivity index (χ1n) is 16.2. The number of aryl methyl sites for hydroxylation is 2. The van der Waals surface area contributed by atoms with Gasteiger partial charge in [0.2, 0.25) is 11.8 Å². The highest BCUT2D eigenvalue weighted by Crippen LogP contribution is 2.41. The Bertz CT molecular complexity index is 2090. The summed E-state index contributed by atoms with van der Waals surface area (Å²) < 4.78 is 40.5. The highest BCUT2D eigenvalue weighted by Gasteiger charge is 2.53. The molecule has 0 radical (unpaired) electrons. The number of nitrogens with one attached hydrogen (secondary N) is 1. The number of carbonyl (C=O) groups excluding carboxylic acids is 4. The molecule has 0 spiro atoms. The number of nitrogens with zero attached hydrogens (tertiary/aromatic N) is 2. The van der Waals surface area contributed by atoms with Crippen molar-refractivity contribution in [1.29, 1.82) is 5.41 Å². The largest absolute Gasteiger partial charge is 0.469 e. The van der Waals surface area contributed by atoms with Gasteiger partial charge in [0.05, 0.1) is 37.6 Å². The van der Waals surface area contributed by atoms with Crippen LogP contribution in [0.3, 0.4) is 0 Å². The molecule has 51 heavy (non-hydrogen) atoms. The third kappa shape index (κ3) is 7.41. The second-order valence-electron chi connectivity index (χ2n) is 12.2. The number of sulfonamides is 1. The van der Waals surface area contributed by atoms with Gasteiger partial charge >= 0.3 is 11.9 Å². The van der Waals surface area contributed by atoms with E-state index in [2.05, 4.69) is 0 Å². The van der Waals surface area contributed by atoms with Crippen molar-refractivity contribution >= 4 is 61.8 Å². The number of ether oxygens (including phenoxy) is 2. The van der Waals surface area contributed by atoms with Crippen molar-refractivity contribution in [1.82, 2.24) is 0 Å². The van der Waals surface area contributed by atoms with Crippen molar-refractivity contribution < 1.29 is 37.1 Å². The SMILES string of the molecule is COC(=O)CC(CC(=O)OC)(C(N)=O)N(c1ccc2c(c1)CCCN2C(=O)CCc1ccc(C(=N)N)cc1)S(=O)(=O)c1cccc2ccccc12. The van der Waals surface area contributed by atoms with Crippen LogP contribution in [0, 0.1) is 5.41 Å². The van der Waals surface area contributed by atoms with E-state index in [1.54, 1.807) is 65.6 Å². The summed E-state index contributed by atoms with van der Waals surface area (Å²) in [5, 5.41) is 8.51. The number of nitrogen functional groups attached to an aromatic ring is 1. The Labute approximate surface area is 295 Å². The van der Waals surface area contributed by atoms with Gasteiger partial charge in [0.1, 0.15) is 5.84 Å². The van der Waals surface area contributed by atoms with Crippen LogP contribution in [0.25, 0.3) is 10.8 Å². The second-order valence-corrected chi connectivity index (χ2v) is 14.0. The minimum absolute atomic E-state index is 0.0472. The molecular weight excluding hydrogens is 675 g/mol. The first-order valence-corrected chi connectivity index (χ1v) is 17.6. The predicted octanol–water partition coefficient (Wildman–Crippen LogP) is 3.58. The number of hydrogen-bond acceptors (Lipinski definition) is 9. The third-order valence-corrected chi connectivity index (χ3v) is 11.0. The van der Waals surface area contributed by atoms with E-state index in [0.29, 0.717) is 53.4 Å². The third-order valence-electron chi connectivity index (χ3n) is 9.05. The number of hydrogen-bond donors (Lipinski definition) is 3. The molecule has 1 aliphatic heterocycles. The predicted molar refractivity (Wildman–Crippen MR) is 192 cm³/mol. The molecule has 0 saturated heterocycles. The lowest BCUT2D eigenvalue weighted by Crippen LogP contribution is -2.62. The van der Waals surface area contributed by atoms with Gasteiger partial charge in [-0.2, -0.15) is 0 Å². The molecule has 4 aromatic rings. The van der Waals surface area contributed by atoms with E-state index in [-0.39, 0.29) is 28.7 Å². The van der Waals surface area contributed by atoms with E-state index in [9.17, 15) is 27.6 Å². The maximum atomic E-state index is 15.0. The number of anilines is 2. The Morgan fingerprint density at radius 2 is 1.53 bits per heavy atom. The van der Waals surface area contributed by atoms with E-state index in [0.717, 1.165) is 24.1 Å². The van der Waals surface area contributed by atoms with E-state index in [1.807, 2.05) is 12.1 Å². The van der Waals surface area contributed by atoms with Crippen LogP contribution in [0.5, 0.6) is 0 Å². The van der Waals surface area contributed by atoms with Gasteiger partial charge in [0.25, 0.3) is 10.0 Å². The lowest BCUT2D eigenvalue weighted by molar-refractivity contribution is -0.148. The molecule has 5 rings (SSSR count). The van der Waals surface area contributed by atoms with Crippen LogP contribution >= 0.6 is 0 Å². The summed E-state index contributed by atoms with van der Waals surface area (Å²) in [6.07, 6.45) is -0.124. The normalized spacial score (nSPS) is 12.9. The average Bonchev–Trinajstić information content (AvgIpc) is 3.12. The maximum Gasteiger partial charge on any atom is 0.308 e. The summed E-state index contributed by atoms with van der Waals surface area (Å²) in [5.74, 6) is -3.44. The Hall–Kier alpha value is -5.76. The number of fused-ring (bicyclic) bond motifs is 2. The molecule has 5 N–H and O–H groups in total. The average molecular weight is 714 g/mol. The van der Waals surface area contributed by atoms with Crippen LogP contribution in [0.15, 0.2) is 89.8 Å². The Morgan fingerprint density at radius 1 is 0.882 bits per heavy atom. The van der Waals surface area contributed by atoms with E-state index in [4.69, 9.17) is 26.4 Å². The first kappa shape index (κ1) is 36.5. The first-order chi connectivity index (χ1) is 24.3. The molecule has 4 aromatic carbocycles. The van der Waals surface area contributed by atoms with Gasteiger partial charge in [0.15, 0.2) is 5.54 Å². The monoisotopic (exact) mass is 713 g/mol. The van der Waals surface area contributed by atoms with E-state index < -0.39 is 46.2 Å². The lowest BCUT2D eigenvalue weighted by Gasteiger charge is -2.41. The number of amides is 2. The van der Waals surface area contributed by atoms with Crippen molar-refractivity contribution in [3.8, 4) is 0 Å². The zero-order valence-electron chi connectivity index (χ0n) is 28.3. The number of primary amides is 1. The number of esters is 2. The number of benzene rings is 4. The summed E-state index contributed by atoms with van der Waals surface area (Å²) in [5.41, 5.74) is 11.6. The lowest BCUT2D eigenvalue weighted by atomic mass is 9.89. The summed E-state index contributed by atoms with van der Waals surface area (Å²) in [6.45, 7) is 0.433. The number of carbonyl (C=O) groups is 4. The zero-order valence-corrected chi connectivity index (χ0v) is 29.1. The second kappa shape index (κ2) is 15.0. The van der Waals surface area contributed by atoms with Crippen LogP contribution < -0.4 is 20.7 Å². The van der Waals surface area contributed by atoms with Crippen molar-refractivity contribution in [2.45, 2.75) is 49.0 Å². The molecule has 0 atom stereocenters. The Kier molecular flexibility index (Phi) is 10.7. The minimum Gasteiger partial charge on any atom is -0.469 e. The summed E-state index contributed by atoms with van der Waals surface area (Å²) in [6, 6.07) is 23.1. The molecule has 14 heteroatoms. The van der Waals surface area contributed by atoms with E-state index >= 15 is 0 Å². The molecule has 0 aliphatic carbocycles. The number of nitrogens with two attached hydrogens (primary N) is 2. The van der Waals surface area contributed by atoms with Crippen molar-refractivity contribution in [2.24, 2.45) is 11.5 Å². The van der Waals surface area contributed by atoms with Crippen LogP contribution in [-0.4, -0.2) is 64.3 Å². The molecule has 0 saturated carbocycles. The molecule has 1 heterocycles. The number of methoxy groups -OCH3 is 2. The van der Waals surface area contributed by atoms with Gasteiger partial charge in [-0.3, -0.25) is 24.6 Å². The molecule has 0 fully saturated rings. The molecule has 0 aromatic heterocycles. The van der Waals surface area contributed by atoms with E-state index in [1.165, 1.54) is 12.1 Å². The van der Waals surface area contributed by atoms with Crippen molar-refractivity contribution in [3.05, 3.63) is 102 Å². The fourth-order valence-electron chi connectivity index (χ4n) is 6.44. The van der Waals surface area contributed by atoms with Crippen LogP contribution in [0.4, 0.5) is 11.4 Å². The fourth-order valence-corrected chi connectivity index (χ4v) is 8.42. The summed E-state index contributed by atoms with van der Waals surface area (Å²) in [7, 11) is -2.64. The van der Waals surface area contributed by atoms with Crippen LogP contribution in [0.2, 0.25) is 0 Å². The fraction of sp³-hybridized carbons (Fsp3) is 0.270. The van der Waals surface area contributed by atoms with Crippen LogP contribution in [0.1, 0.15) is 42.4 Å². The molecule has 0 unspecified atom stereocenters. The smallest absolute Gasteiger partial charge is 0.308 e. The molecule has 13 nitrogen and oxygen atoms in total. The molecule has 1 aliphatic rings. The zero-order chi connectivity index (χ0) is 36.9. The number of amidine groups is 1. The van der Waals surface area contributed by atoms with Gasteiger partial charge in [-0.15, -0.1) is 0 Å². The molecule has 266 valence electrons.